The number of benzene rings is 2. The first-order valence-corrected chi connectivity index (χ1v) is 7.47. The number of para-hydroxylation sites is 2. The van der Waals surface area contributed by atoms with Gasteiger partial charge in [-0.3, -0.25) is 4.79 Å². The molecule has 2 aromatic carbocycles. The van der Waals surface area contributed by atoms with E-state index in [0.29, 0.717) is 15.8 Å². The van der Waals surface area contributed by atoms with Gasteiger partial charge in [0.2, 0.25) is 0 Å². The second-order valence-electron chi connectivity index (χ2n) is 4.24. The van der Waals surface area contributed by atoms with Gasteiger partial charge in [0, 0.05) is 10.6 Å². The number of hydrogen-bond donors (Lipinski definition) is 0. The monoisotopic (exact) mass is 315 g/mol. The van der Waals surface area contributed by atoms with Crippen LogP contribution in [0.25, 0.3) is 11.1 Å². The molecule has 3 aromatic rings. The standard InChI is InChI=1S/C16H10ClNO2S/c17-12-7-5-11(6-8-12)14(19)9-10-21-16-18-13-3-1-2-4-15(13)20-16/h1-10H. The van der Waals surface area contributed by atoms with Crippen LogP contribution in [0.1, 0.15) is 10.4 Å². The Bertz CT molecular complexity index is 776. The van der Waals surface area contributed by atoms with Crippen LogP contribution < -0.4 is 0 Å². The molecule has 0 unspecified atom stereocenters. The molecule has 0 N–H and O–H groups in total. The zero-order chi connectivity index (χ0) is 14.7. The minimum absolute atomic E-state index is 0.0877. The highest BCUT2D eigenvalue weighted by Crippen LogP contribution is 2.24. The Morgan fingerprint density at radius 1 is 1.14 bits per heavy atom. The number of nitrogens with zero attached hydrogens (tertiary/aromatic N) is 1. The summed E-state index contributed by atoms with van der Waals surface area (Å²) in [6.45, 7) is 0. The van der Waals surface area contributed by atoms with E-state index in [-0.39, 0.29) is 5.78 Å². The highest BCUT2D eigenvalue weighted by molar-refractivity contribution is 8.01. The molecule has 0 amide bonds. The Morgan fingerprint density at radius 3 is 2.67 bits per heavy atom. The molecule has 0 atom stereocenters. The van der Waals surface area contributed by atoms with Crippen LogP contribution in [0.3, 0.4) is 0 Å². The van der Waals surface area contributed by atoms with Crippen LogP contribution in [-0.4, -0.2) is 10.8 Å². The van der Waals surface area contributed by atoms with Crippen molar-refractivity contribution >= 4 is 40.2 Å². The maximum absolute atomic E-state index is 11.9. The van der Waals surface area contributed by atoms with E-state index in [0.717, 1.165) is 11.1 Å². The number of halogens is 1. The van der Waals surface area contributed by atoms with Crippen molar-refractivity contribution in [2.24, 2.45) is 0 Å². The van der Waals surface area contributed by atoms with E-state index in [4.69, 9.17) is 16.0 Å². The van der Waals surface area contributed by atoms with Gasteiger partial charge in [-0.05, 0) is 59.6 Å². The van der Waals surface area contributed by atoms with Gasteiger partial charge >= 0.3 is 0 Å². The molecule has 3 nitrogen and oxygen atoms in total. The molecule has 0 saturated carbocycles. The molecule has 1 heterocycles. The van der Waals surface area contributed by atoms with Gasteiger partial charge in [-0.25, -0.2) is 4.98 Å². The third-order valence-corrected chi connectivity index (χ3v) is 3.69. The smallest absolute Gasteiger partial charge is 0.261 e. The Kier molecular flexibility index (Phi) is 4.08. The quantitative estimate of drug-likeness (QED) is 0.387. The van der Waals surface area contributed by atoms with Gasteiger partial charge in [0.1, 0.15) is 5.52 Å². The van der Waals surface area contributed by atoms with E-state index < -0.39 is 0 Å². The highest BCUT2D eigenvalue weighted by Gasteiger charge is 2.05. The normalized spacial score (nSPS) is 11.3. The fourth-order valence-corrected chi connectivity index (χ4v) is 2.49. The Morgan fingerprint density at radius 2 is 1.90 bits per heavy atom. The zero-order valence-electron chi connectivity index (χ0n) is 10.8. The molecule has 0 spiro atoms. The SMILES string of the molecule is O=C(C=CSc1nc2ccccc2o1)c1ccc(Cl)cc1. The summed E-state index contributed by atoms with van der Waals surface area (Å²) in [6.07, 6.45) is 1.49. The number of thioether (sulfide) groups is 1. The van der Waals surface area contributed by atoms with E-state index in [1.165, 1.54) is 17.8 Å². The van der Waals surface area contributed by atoms with Gasteiger partial charge in [-0.1, -0.05) is 23.7 Å². The minimum atomic E-state index is -0.0877. The molecule has 0 aliphatic carbocycles. The Labute approximate surface area is 130 Å². The summed E-state index contributed by atoms with van der Waals surface area (Å²) in [5, 5.41) is 2.79. The average molecular weight is 316 g/mol. The number of rotatable bonds is 4. The summed E-state index contributed by atoms with van der Waals surface area (Å²) in [6, 6.07) is 14.3. The third kappa shape index (κ3) is 3.35. The predicted octanol–water partition coefficient (Wildman–Crippen LogP) is 4.97. The van der Waals surface area contributed by atoms with Gasteiger partial charge in [0.25, 0.3) is 5.22 Å². The largest absolute Gasteiger partial charge is 0.431 e. The van der Waals surface area contributed by atoms with E-state index >= 15 is 0 Å². The van der Waals surface area contributed by atoms with Crippen LogP contribution in [0.5, 0.6) is 0 Å². The third-order valence-electron chi connectivity index (χ3n) is 2.79. The molecule has 5 heteroatoms. The number of oxazole rings is 1. The molecule has 104 valence electrons. The first-order valence-electron chi connectivity index (χ1n) is 6.21. The van der Waals surface area contributed by atoms with Crippen LogP contribution in [0.15, 0.2) is 69.7 Å². The fraction of sp³-hybridized carbons (Fsp3) is 0. The summed E-state index contributed by atoms with van der Waals surface area (Å²) < 4.78 is 5.54. The van der Waals surface area contributed by atoms with Crippen molar-refractivity contribution in [2.45, 2.75) is 5.22 Å². The summed E-state index contributed by atoms with van der Waals surface area (Å²) in [5.74, 6) is -0.0877. The lowest BCUT2D eigenvalue weighted by Crippen LogP contribution is -1.92. The van der Waals surface area contributed by atoms with Crippen LogP contribution in [-0.2, 0) is 0 Å². The number of hydrogen-bond acceptors (Lipinski definition) is 4. The average Bonchev–Trinajstić information content (AvgIpc) is 2.90. The van der Waals surface area contributed by atoms with Gasteiger partial charge in [0.05, 0.1) is 0 Å². The number of aromatic nitrogens is 1. The fourth-order valence-electron chi connectivity index (χ4n) is 1.77. The Hall–Kier alpha value is -2.04. The van der Waals surface area contributed by atoms with E-state index in [1.807, 2.05) is 24.3 Å². The second-order valence-corrected chi connectivity index (χ2v) is 5.53. The second kappa shape index (κ2) is 6.16. The number of ketones is 1. The first kappa shape index (κ1) is 13.9. The molecule has 0 saturated heterocycles. The minimum Gasteiger partial charge on any atom is -0.431 e. The van der Waals surface area contributed by atoms with Crippen molar-refractivity contribution in [2.75, 3.05) is 0 Å². The maximum Gasteiger partial charge on any atom is 0.261 e. The Balaban J connectivity index is 1.68. The molecular weight excluding hydrogens is 306 g/mol. The van der Waals surface area contributed by atoms with Crippen LogP contribution >= 0.6 is 23.4 Å². The van der Waals surface area contributed by atoms with E-state index in [9.17, 15) is 4.79 Å². The van der Waals surface area contributed by atoms with Crippen molar-refractivity contribution in [3.8, 4) is 0 Å². The van der Waals surface area contributed by atoms with Gasteiger partial charge < -0.3 is 4.42 Å². The summed E-state index contributed by atoms with van der Waals surface area (Å²) in [7, 11) is 0. The molecule has 0 radical (unpaired) electrons. The molecule has 0 aliphatic heterocycles. The lowest BCUT2D eigenvalue weighted by molar-refractivity contribution is 0.104. The lowest BCUT2D eigenvalue weighted by Gasteiger charge is -1.95. The van der Waals surface area contributed by atoms with Crippen molar-refractivity contribution in [3.63, 3.8) is 0 Å². The van der Waals surface area contributed by atoms with Crippen molar-refractivity contribution in [1.82, 2.24) is 4.98 Å². The molecule has 3 rings (SSSR count). The summed E-state index contributed by atoms with van der Waals surface area (Å²) in [5.41, 5.74) is 2.13. The van der Waals surface area contributed by atoms with Crippen LogP contribution in [0, 0.1) is 0 Å². The van der Waals surface area contributed by atoms with Crippen molar-refractivity contribution in [3.05, 3.63) is 70.6 Å². The summed E-state index contributed by atoms with van der Waals surface area (Å²) in [4.78, 5) is 16.2. The molecule has 0 bridgehead atoms. The maximum atomic E-state index is 11.9. The van der Waals surface area contributed by atoms with Gasteiger partial charge in [-0.15, -0.1) is 0 Å². The topological polar surface area (TPSA) is 43.1 Å². The van der Waals surface area contributed by atoms with Crippen molar-refractivity contribution in [1.29, 1.82) is 0 Å². The molecular formula is C16H10ClNO2S. The van der Waals surface area contributed by atoms with E-state index in [2.05, 4.69) is 4.98 Å². The molecule has 0 aliphatic rings. The van der Waals surface area contributed by atoms with E-state index in [1.54, 1.807) is 29.7 Å². The molecule has 0 fully saturated rings. The number of fused-ring (bicyclic) bond motifs is 1. The lowest BCUT2D eigenvalue weighted by atomic mass is 10.1. The van der Waals surface area contributed by atoms with Gasteiger partial charge in [0.15, 0.2) is 11.4 Å². The van der Waals surface area contributed by atoms with Crippen LogP contribution in [0.4, 0.5) is 0 Å². The number of carbonyl (C=O) groups excluding carboxylic acids is 1. The first-order chi connectivity index (χ1) is 10.2. The predicted molar refractivity (Wildman–Crippen MR) is 84.8 cm³/mol. The highest BCUT2D eigenvalue weighted by atomic mass is 35.5. The van der Waals surface area contributed by atoms with Crippen LogP contribution in [0.2, 0.25) is 5.02 Å². The van der Waals surface area contributed by atoms with Crippen molar-refractivity contribution < 1.29 is 9.21 Å². The molecule has 1 aromatic heterocycles. The number of carbonyl (C=O) groups is 1. The summed E-state index contributed by atoms with van der Waals surface area (Å²) >= 11 is 7.05. The molecule has 21 heavy (non-hydrogen) atoms. The van der Waals surface area contributed by atoms with Gasteiger partial charge in [-0.2, -0.15) is 0 Å². The number of allylic oxidation sites excluding steroid dienone is 1. The zero-order valence-corrected chi connectivity index (χ0v) is 12.4.